The van der Waals surface area contributed by atoms with Crippen molar-refractivity contribution < 1.29 is 14.3 Å². The Morgan fingerprint density at radius 3 is 2.43 bits per heavy atom. The molecule has 0 aliphatic carbocycles. The van der Waals surface area contributed by atoms with E-state index in [0.717, 1.165) is 45.8 Å². The van der Waals surface area contributed by atoms with Crippen molar-refractivity contribution in [3.8, 4) is 11.5 Å². The number of nitrogens with zero attached hydrogens (tertiary/aromatic N) is 3. The number of benzene rings is 2. The lowest BCUT2D eigenvalue weighted by Crippen LogP contribution is -2.28. The van der Waals surface area contributed by atoms with Crippen molar-refractivity contribution in [1.82, 2.24) is 14.6 Å². The highest BCUT2D eigenvalue weighted by Crippen LogP contribution is 2.25. The van der Waals surface area contributed by atoms with Crippen LogP contribution in [-0.2, 0) is 11.2 Å². The Hall–Kier alpha value is -3.85. The molecule has 2 heterocycles. The molecule has 35 heavy (non-hydrogen) atoms. The zero-order valence-corrected chi connectivity index (χ0v) is 20.8. The minimum Gasteiger partial charge on any atom is -0.494 e. The molecule has 8 nitrogen and oxygen atoms in total. The molecule has 0 fully saturated rings. The van der Waals surface area contributed by atoms with E-state index in [1.165, 1.54) is 11.4 Å². The number of thiazole rings is 1. The topological polar surface area (TPSA) is 99.9 Å². The minimum atomic E-state index is -0.457. The van der Waals surface area contributed by atoms with Crippen LogP contribution in [0.3, 0.4) is 0 Å². The first kappa shape index (κ1) is 24.3. The van der Waals surface area contributed by atoms with E-state index >= 15 is 0 Å². The number of rotatable bonds is 7. The summed E-state index contributed by atoms with van der Waals surface area (Å²) in [6.07, 6.45) is 2.90. The third kappa shape index (κ3) is 5.46. The molecular formula is C26H25N3O5S. The van der Waals surface area contributed by atoms with Crippen LogP contribution in [0, 0.1) is 13.8 Å². The lowest BCUT2D eigenvalue weighted by atomic mass is 10.1. The summed E-state index contributed by atoms with van der Waals surface area (Å²) < 4.78 is 12.4. The van der Waals surface area contributed by atoms with E-state index in [4.69, 9.17) is 9.47 Å². The molecular weight excluding hydrogens is 466 g/mol. The molecule has 0 saturated carbocycles. The van der Waals surface area contributed by atoms with Crippen LogP contribution in [0.5, 0.6) is 11.5 Å². The average molecular weight is 492 g/mol. The maximum absolute atomic E-state index is 13.0. The summed E-state index contributed by atoms with van der Waals surface area (Å²) in [5.74, 6) is 0.884. The number of hydrogen-bond acceptors (Lipinski definition) is 8. The first-order chi connectivity index (χ1) is 16.7. The van der Waals surface area contributed by atoms with Gasteiger partial charge in [0.05, 0.1) is 11.1 Å². The summed E-state index contributed by atoms with van der Waals surface area (Å²) in [5.41, 5.74) is 2.59. The second kappa shape index (κ2) is 10.2. The van der Waals surface area contributed by atoms with Gasteiger partial charge >= 0.3 is 5.97 Å². The van der Waals surface area contributed by atoms with Crippen LogP contribution in [0.2, 0.25) is 0 Å². The maximum atomic E-state index is 13.0. The molecule has 0 radical (unpaired) electrons. The predicted molar refractivity (Wildman–Crippen MR) is 134 cm³/mol. The van der Waals surface area contributed by atoms with Gasteiger partial charge in [-0.1, -0.05) is 30.4 Å². The Morgan fingerprint density at radius 2 is 1.80 bits per heavy atom. The van der Waals surface area contributed by atoms with Crippen molar-refractivity contribution in [2.24, 2.45) is 0 Å². The van der Waals surface area contributed by atoms with Gasteiger partial charge in [0.1, 0.15) is 17.2 Å². The molecule has 0 aliphatic rings. The van der Waals surface area contributed by atoms with E-state index in [1.807, 2.05) is 57.2 Å². The van der Waals surface area contributed by atoms with Gasteiger partial charge in [0.15, 0.2) is 0 Å². The lowest BCUT2D eigenvalue weighted by Gasteiger charge is -2.10. The summed E-state index contributed by atoms with van der Waals surface area (Å²) in [5, 5.41) is 4.32. The third-order valence-corrected chi connectivity index (χ3v) is 6.20. The van der Waals surface area contributed by atoms with Gasteiger partial charge in [0.2, 0.25) is 4.96 Å². The number of hydrogen-bond donors (Lipinski definition) is 0. The van der Waals surface area contributed by atoms with Crippen molar-refractivity contribution in [2.75, 3.05) is 6.61 Å². The van der Waals surface area contributed by atoms with Gasteiger partial charge in [0, 0.05) is 13.3 Å². The summed E-state index contributed by atoms with van der Waals surface area (Å²) in [4.78, 5) is 41.3. The molecule has 180 valence electrons. The fourth-order valence-electron chi connectivity index (χ4n) is 3.69. The van der Waals surface area contributed by atoms with Gasteiger partial charge in [-0.2, -0.15) is 14.6 Å². The monoisotopic (exact) mass is 491 g/mol. The number of carbonyl (C=O) groups is 1. The van der Waals surface area contributed by atoms with Crippen molar-refractivity contribution >= 4 is 28.3 Å². The molecule has 4 rings (SSSR count). The Labute approximate surface area is 205 Å². The second-order valence-corrected chi connectivity index (χ2v) is 9.23. The van der Waals surface area contributed by atoms with Crippen LogP contribution in [0.25, 0.3) is 11.0 Å². The standard InChI is InChI=1S/C26H25N3O5S/c1-5-10-33-20-8-6-18(7-9-20)13-21-24(31)27-26-29(28-21)25(32)22(35-26)14-19-11-15(2)23(16(3)12-19)34-17(4)30/h6-9,11-12,14H,5,10,13H2,1-4H3/b22-14+. The second-order valence-electron chi connectivity index (χ2n) is 8.22. The molecule has 0 amide bonds. The Bertz CT molecular complexity index is 1550. The Balaban J connectivity index is 1.67. The van der Waals surface area contributed by atoms with Gasteiger partial charge in [-0.25, -0.2) is 0 Å². The fraction of sp³-hybridized carbons (Fsp3) is 0.269. The quantitative estimate of drug-likeness (QED) is 0.289. The molecule has 2 aromatic carbocycles. The molecule has 0 aliphatic heterocycles. The number of aryl methyl sites for hydroxylation is 2. The van der Waals surface area contributed by atoms with Crippen molar-refractivity contribution in [3.05, 3.63) is 89.6 Å². The van der Waals surface area contributed by atoms with Crippen LogP contribution in [0.4, 0.5) is 0 Å². The molecule has 0 bridgehead atoms. The van der Waals surface area contributed by atoms with E-state index in [1.54, 1.807) is 6.08 Å². The summed E-state index contributed by atoms with van der Waals surface area (Å²) in [6.45, 7) is 7.70. The first-order valence-corrected chi connectivity index (χ1v) is 12.0. The van der Waals surface area contributed by atoms with E-state index < -0.39 is 11.5 Å². The number of carbonyl (C=O) groups excluding carboxylic acids is 1. The lowest BCUT2D eigenvalue weighted by molar-refractivity contribution is -0.131. The van der Waals surface area contributed by atoms with Crippen LogP contribution in [-0.4, -0.2) is 27.2 Å². The first-order valence-electron chi connectivity index (χ1n) is 11.2. The zero-order valence-electron chi connectivity index (χ0n) is 20.0. The van der Waals surface area contributed by atoms with Crippen LogP contribution in [0.15, 0.2) is 46.0 Å². The largest absolute Gasteiger partial charge is 0.494 e. The summed E-state index contributed by atoms with van der Waals surface area (Å²) in [6, 6.07) is 11.1. The normalized spacial score (nSPS) is 11.7. The predicted octanol–water partition coefficient (Wildman–Crippen LogP) is 2.98. The highest BCUT2D eigenvalue weighted by Gasteiger charge is 2.13. The SMILES string of the molecule is CCCOc1ccc(Cc2nn3c(=O)/c(=C\c4cc(C)c(OC(C)=O)c(C)c4)sc3nc2=O)cc1. The number of ether oxygens (including phenoxy) is 2. The van der Waals surface area contributed by atoms with Crippen molar-refractivity contribution in [3.63, 3.8) is 0 Å². The van der Waals surface area contributed by atoms with E-state index in [2.05, 4.69) is 10.1 Å². The van der Waals surface area contributed by atoms with Crippen LogP contribution >= 0.6 is 11.3 Å². The van der Waals surface area contributed by atoms with E-state index in [-0.39, 0.29) is 22.6 Å². The average Bonchev–Trinajstić information content (AvgIpc) is 3.10. The van der Waals surface area contributed by atoms with Gasteiger partial charge in [-0.3, -0.25) is 14.4 Å². The molecule has 0 saturated heterocycles. The molecule has 0 N–H and O–H groups in total. The van der Waals surface area contributed by atoms with Gasteiger partial charge < -0.3 is 9.47 Å². The maximum Gasteiger partial charge on any atom is 0.308 e. The molecule has 0 spiro atoms. The third-order valence-electron chi connectivity index (χ3n) is 5.24. The molecule has 2 aromatic heterocycles. The van der Waals surface area contributed by atoms with E-state index in [9.17, 15) is 14.4 Å². The summed E-state index contributed by atoms with van der Waals surface area (Å²) in [7, 11) is 0. The summed E-state index contributed by atoms with van der Waals surface area (Å²) >= 11 is 1.10. The van der Waals surface area contributed by atoms with Crippen molar-refractivity contribution in [1.29, 1.82) is 0 Å². The minimum absolute atomic E-state index is 0.198. The molecule has 0 unspecified atom stereocenters. The number of esters is 1. The van der Waals surface area contributed by atoms with Crippen molar-refractivity contribution in [2.45, 2.75) is 40.5 Å². The van der Waals surface area contributed by atoms with E-state index in [0.29, 0.717) is 16.9 Å². The fourth-order valence-corrected chi connectivity index (χ4v) is 4.60. The number of fused-ring (bicyclic) bond motifs is 1. The number of aromatic nitrogens is 3. The van der Waals surface area contributed by atoms with Gasteiger partial charge in [-0.05, 0) is 72.9 Å². The van der Waals surface area contributed by atoms with Gasteiger partial charge in [0.25, 0.3) is 11.1 Å². The van der Waals surface area contributed by atoms with Crippen LogP contribution < -0.4 is 25.1 Å². The Kier molecular flexibility index (Phi) is 7.07. The smallest absolute Gasteiger partial charge is 0.308 e. The van der Waals surface area contributed by atoms with Gasteiger partial charge in [-0.15, -0.1) is 0 Å². The molecule has 9 heteroatoms. The molecule has 0 atom stereocenters. The highest BCUT2D eigenvalue weighted by molar-refractivity contribution is 7.15. The highest BCUT2D eigenvalue weighted by atomic mass is 32.1. The zero-order chi connectivity index (χ0) is 25.1. The Morgan fingerprint density at radius 1 is 1.11 bits per heavy atom. The molecule has 4 aromatic rings. The van der Waals surface area contributed by atoms with Crippen LogP contribution in [0.1, 0.15) is 48.2 Å².